The summed E-state index contributed by atoms with van der Waals surface area (Å²) in [5, 5.41) is 8.94. The van der Waals surface area contributed by atoms with Gasteiger partial charge in [0.25, 0.3) is 0 Å². The molecule has 0 unspecified atom stereocenters. The number of carbonyl (C=O) groups excluding carboxylic acids is 1. The SMILES string of the molecule is Cn1ncnc1CNC(=O)Nc1ccc(SC(F)(F)F)cc1. The van der Waals surface area contributed by atoms with E-state index in [0.29, 0.717) is 11.5 Å². The molecule has 0 radical (unpaired) electrons. The number of aryl methyl sites for hydroxylation is 1. The van der Waals surface area contributed by atoms with Crippen molar-refractivity contribution in [2.75, 3.05) is 5.32 Å². The number of hydrogen-bond acceptors (Lipinski definition) is 4. The van der Waals surface area contributed by atoms with Crippen LogP contribution in [0.4, 0.5) is 23.7 Å². The molecule has 0 fully saturated rings. The molecular formula is C12H12F3N5OS. The van der Waals surface area contributed by atoms with E-state index in [1.165, 1.54) is 35.3 Å². The molecule has 2 rings (SSSR count). The monoisotopic (exact) mass is 331 g/mol. The molecule has 1 aromatic heterocycles. The normalized spacial score (nSPS) is 11.3. The van der Waals surface area contributed by atoms with Gasteiger partial charge in [0.15, 0.2) is 0 Å². The van der Waals surface area contributed by atoms with Crippen LogP contribution in [-0.2, 0) is 13.6 Å². The zero-order chi connectivity index (χ0) is 16.2. The van der Waals surface area contributed by atoms with Crippen molar-refractivity contribution in [3.8, 4) is 0 Å². The molecule has 0 bridgehead atoms. The molecule has 118 valence electrons. The number of amides is 2. The number of rotatable bonds is 4. The average molecular weight is 331 g/mol. The van der Waals surface area contributed by atoms with E-state index < -0.39 is 11.5 Å². The lowest BCUT2D eigenvalue weighted by Gasteiger charge is -2.09. The summed E-state index contributed by atoms with van der Waals surface area (Å²) in [5.41, 5.74) is -3.94. The number of urea groups is 1. The maximum absolute atomic E-state index is 12.2. The van der Waals surface area contributed by atoms with Crippen molar-refractivity contribution in [3.63, 3.8) is 0 Å². The summed E-state index contributed by atoms with van der Waals surface area (Å²) in [6, 6.07) is 4.89. The Kier molecular flexibility index (Phi) is 4.91. The quantitative estimate of drug-likeness (QED) is 0.845. The first-order chi connectivity index (χ1) is 10.3. The summed E-state index contributed by atoms with van der Waals surface area (Å²) >= 11 is -0.208. The number of thioether (sulfide) groups is 1. The van der Waals surface area contributed by atoms with Crippen LogP contribution < -0.4 is 10.6 Å². The van der Waals surface area contributed by atoms with Crippen LogP contribution in [0.1, 0.15) is 5.82 Å². The van der Waals surface area contributed by atoms with Crippen molar-refractivity contribution < 1.29 is 18.0 Å². The first-order valence-corrected chi connectivity index (χ1v) is 6.89. The Balaban J connectivity index is 1.85. The van der Waals surface area contributed by atoms with Gasteiger partial charge in [-0.05, 0) is 36.0 Å². The van der Waals surface area contributed by atoms with Crippen LogP contribution in [0.3, 0.4) is 0 Å². The van der Waals surface area contributed by atoms with Crippen molar-refractivity contribution in [3.05, 3.63) is 36.4 Å². The third-order valence-electron chi connectivity index (χ3n) is 2.56. The largest absolute Gasteiger partial charge is 0.446 e. The van der Waals surface area contributed by atoms with Gasteiger partial charge in [-0.1, -0.05) is 0 Å². The molecule has 2 aromatic rings. The highest BCUT2D eigenvalue weighted by Crippen LogP contribution is 2.36. The smallest absolute Gasteiger partial charge is 0.331 e. The number of halogens is 3. The van der Waals surface area contributed by atoms with Gasteiger partial charge in [0.2, 0.25) is 0 Å². The van der Waals surface area contributed by atoms with Crippen LogP contribution in [0.5, 0.6) is 0 Å². The van der Waals surface area contributed by atoms with Gasteiger partial charge in [-0.15, -0.1) is 0 Å². The zero-order valence-electron chi connectivity index (χ0n) is 11.4. The molecule has 1 aromatic carbocycles. The lowest BCUT2D eigenvalue weighted by atomic mass is 10.3. The Labute approximate surface area is 128 Å². The number of aromatic nitrogens is 3. The second kappa shape index (κ2) is 6.69. The Morgan fingerprint density at radius 3 is 2.55 bits per heavy atom. The average Bonchev–Trinajstić information content (AvgIpc) is 2.83. The van der Waals surface area contributed by atoms with Gasteiger partial charge < -0.3 is 10.6 Å². The van der Waals surface area contributed by atoms with E-state index in [-0.39, 0.29) is 23.2 Å². The predicted molar refractivity (Wildman–Crippen MR) is 75.2 cm³/mol. The summed E-state index contributed by atoms with van der Waals surface area (Å²) in [4.78, 5) is 15.7. The summed E-state index contributed by atoms with van der Waals surface area (Å²) in [5.74, 6) is 0.576. The van der Waals surface area contributed by atoms with Gasteiger partial charge in [0.1, 0.15) is 12.2 Å². The molecule has 0 atom stereocenters. The second-order valence-electron chi connectivity index (χ2n) is 4.18. The molecular weight excluding hydrogens is 319 g/mol. The standard InChI is InChI=1S/C12H12F3N5OS/c1-20-10(17-7-18-20)6-16-11(21)19-8-2-4-9(5-3-8)22-12(13,14)15/h2-5,7H,6H2,1H3,(H2,16,19,21). The fraction of sp³-hybridized carbons (Fsp3) is 0.250. The Morgan fingerprint density at radius 1 is 1.32 bits per heavy atom. The van der Waals surface area contributed by atoms with Gasteiger partial charge in [-0.25, -0.2) is 9.78 Å². The lowest BCUT2D eigenvalue weighted by Crippen LogP contribution is -2.29. The second-order valence-corrected chi connectivity index (χ2v) is 5.32. The molecule has 0 saturated heterocycles. The Bertz CT molecular complexity index is 641. The van der Waals surface area contributed by atoms with Crippen molar-refractivity contribution >= 4 is 23.5 Å². The van der Waals surface area contributed by atoms with E-state index in [0.717, 1.165) is 0 Å². The van der Waals surface area contributed by atoms with E-state index in [1.807, 2.05) is 0 Å². The first-order valence-electron chi connectivity index (χ1n) is 6.07. The molecule has 0 aliphatic heterocycles. The van der Waals surface area contributed by atoms with E-state index in [4.69, 9.17) is 0 Å². The van der Waals surface area contributed by atoms with Crippen LogP contribution in [0.15, 0.2) is 35.5 Å². The molecule has 0 aliphatic rings. The van der Waals surface area contributed by atoms with E-state index in [9.17, 15) is 18.0 Å². The summed E-state index contributed by atoms with van der Waals surface area (Å²) in [7, 11) is 1.69. The topological polar surface area (TPSA) is 71.8 Å². The molecule has 6 nitrogen and oxygen atoms in total. The Hall–Kier alpha value is -2.23. The van der Waals surface area contributed by atoms with Gasteiger partial charge in [-0.2, -0.15) is 18.3 Å². The lowest BCUT2D eigenvalue weighted by molar-refractivity contribution is -0.0328. The molecule has 10 heteroatoms. The number of benzene rings is 1. The van der Waals surface area contributed by atoms with E-state index in [1.54, 1.807) is 7.05 Å². The minimum atomic E-state index is -4.33. The molecule has 2 N–H and O–H groups in total. The number of anilines is 1. The van der Waals surface area contributed by atoms with E-state index >= 15 is 0 Å². The van der Waals surface area contributed by atoms with Crippen LogP contribution in [0, 0.1) is 0 Å². The highest BCUT2D eigenvalue weighted by Gasteiger charge is 2.28. The van der Waals surface area contributed by atoms with Crippen LogP contribution in [0.2, 0.25) is 0 Å². The fourth-order valence-corrected chi connectivity index (χ4v) is 2.09. The summed E-state index contributed by atoms with van der Waals surface area (Å²) < 4.78 is 38.1. The van der Waals surface area contributed by atoms with Crippen LogP contribution in [0.25, 0.3) is 0 Å². The van der Waals surface area contributed by atoms with Crippen molar-refractivity contribution in [1.29, 1.82) is 0 Å². The zero-order valence-corrected chi connectivity index (χ0v) is 12.2. The fourth-order valence-electron chi connectivity index (χ4n) is 1.55. The third kappa shape index (κ3) is 4.95. The van der Waals surface area contributed by atoms with Crippen LogP contribution >= 0.6 is 11.8 Å². The highest BCUT2D eigenvalue weighted by atomic mass is 32.2. The maximum Gasteiger partial charge on any atom is 0.446 e. The number of nitrogens with zero attached hydrogens (tertiary/aromatic N) is 3. The van der Waals surface area contributed by atoms with Crippen LogP contribution in [-0.4, -0.2) is 26.3 Å². The van der Waals surface area contributed by atoms with Gasteiger partial charge >= 0.3 is 11.5 Å². The van der Waals surface area contributed by atoms with E-state index in [2.05, 4.69) is 20.7 Å². The molecule has 2 amide bonds. The maximum atomic E-state index is 12.2. The van der Waals surface area contributed by atoms with Crippen molar-refractivity contribution in [1.82, 2.24) is 20.1 Å². The van der Waals surface area contributed by atoms with Gasteiger partial charge in [0.05, 0.1) is 6.54 Å². The number of nitrogens with one attached hydrogen (secondary N) is 2. The van der Waals surface area contributed by atoms with Gasteiger partial charge in [0, 0.05) is 17.6 Å². The number of alkyl halides is 3. The highest BCUT2D eigenvalue weighted by molar-refractivity contribution is 8.00. The van der Waals surface area contributed by atoms with Gasteiger partial charge in [-0.3, -0.25) is 4.68 Å². The number of hydrogen-bond donors (Lipinski definition) is 2. The number of carbonyl (C=O) groups is 1. The molecule has 1 heterocycles. The molecule has 0 saturated carbocycles. The minimum Gasteiger partial charge on any atom is -0.331 e. The molecule has 22 heavy (non-hydrogen) atoms. The van der Waals surface area contributed by atoms with Crippen molar-refractivity contribution in [2.24, 2.45) is 7.05 Å². The predicted octanol–water partition coefficient (Wildman–Crippen LogP) is 2.75. The first kappa shape index (κ1) is 16.1. The Morgan fingerprint density at radius 2 is 2.00 bits per heavy atom. The minimum absolute atomic E-state index is 0.0533. The molecule has 0 aliphatic carbocycles. The third-order valence-corrected chi connectivity index (χ3v) is 3.30. The van der Waals surface area contributed by atoms with Crippen molar-refractivity contribution in [2.45, 2.75) is 16.9 Å². The molecule has 0 spiro atoms. The summed E-state index contributed by atoms with van der Waals surface area (Å²) in [6.07, 6.45) is 1.37. The summed E-state index contributed by atoms with van der Waals surface area (Å²) in [6.45, 7) is 0.185.